The van der Waals surface area contributed by atoms with Gasteiger partial charge in [-0.05, 0) is 45.9 Å². The van der Waals surface area contributed by atoms with Crippen LogP contribution in [0.5, 0.6) is 0 Å². The van der Waals surface area contributed by atoms with Crippen LogP contribution in [0.4, 0.5) is 4.79 Å². The molecule has 1 heterocycles. The molecule has 2 amide bonds. The van der Waals surface area contributed by atoms with Crippen LogP contribution < -0.4 is 16.4 Å². The molecule has 5 N–H and O–H groups in total. The van der Waals surface area contributed by atoms with Gasteiger partial charge in [0.25, 0.3) is 0 Å². The number of carbonyl (C=O) groups excluding carboxylic acids is 3. The molecule has 0 aliphatic heterocycles. The topological polar surface area (TPSA) is 136 Å². The predicted octanol–water partition coefficient (Wildman–Crippen LogP) is 5.19. The highest BCUT2D eigenvalue weighted by atomic mass is 16.5. The van der Waals surface area contributed by atoms with E-state index in [1.54, 1.807) is 0 Å². The summed E-state index contributed by atoms with van der Waals surface area (Å²) in [5.74, 6) is -1.07. The molecule has 0 saturated heterocycles. The zero-order valence-electron chi connectivity index (χ0n) is 25.3. The highest BCUT2D eigenvalue weighted by Crippen LogP contribution is 2.44. The number of ether oxygens (including phenoxy) is 2. The minimum atomic E-state index is -0.934. The number of para-hydroxylation sites is 1. The summed E-state index contributed by atoms with van der Waals surface area (Å²) in [5, 5.41) is 6.56. The van der Waals surface area contributed by atoms with Crippen molar-refractivity contribution < 1.29 is 23.9 Å². The molecule has 2 atom stereocenters. The van der Waals surface area contributed by atoms with E-state index in [9.17, 15) is 14.4 Å². The van der Waals surface area contributed by atoms with Gasteiger partial charge in [-0.15, -0.1) is 0 Å². The molecule has 0 saturated carbocycles. The van der Waals surface area contributed by atoms with Gasteiger partial charge in [0.1, 0.15) is 25.3 Å². The first-order valence-corrected chi connectivity index (χ1v) is 15.4. The Kier molecular flexibility index (Phi) is 9.40. The Balaban J connectivity index is 1.08. The molecular formula is C37H36N4O5. The summed E-state index contributed by atoms with van der Waals surface area (Å²) in [6, 6.07) is 31.5. The van der Waals surface area contributed by atoms with Crippen LogP contribution >= 0.6 is 0 Å². The summed E-state index contributed by atoms with van der Waals surface area (Å²) >= 11 is 0. The lowest BCUT2D eigenvalue weighted by molar-refractivity contribution is -0.146. The lowest BCUT2D eigenvalue weighted by Crippen LogP contribution is -2.49. The summed E-state index contributed by atoms with van der Waals surface area (Å²) in [5.41, 5.74) is 13.2. The van der Waals surface area contributed by atoms with Crippen molar-refractivity contribution >= 4 is 28.9 Å². The highest BCUT2D eigenvalue weighted by Gasteiger charge is 2.30. The number of aromatic nitrogens is 1. The van der Waals surface area contributed by atoms with Crippen LogP contribution in [0.2, 0.25) is 0 Å². The summed E-state index contributed by atoms with van der Waals surface area (Å²) < 4.78 is 11.1. The van der Waals surface area contributed by atoms with E-state index < -0.39 is 30.1 Å². The van der Waals surface area contributed by atoms with Gasteiger partial charge in [-0.3, -0.25) is 9.59 Å². The van der Waals surface area contributed by atoms with Crippen molar-refractivity contribution in [1.29, 1.82) is 0 Å². The smallest absolute Gasteiger partial charge is 0.407 e. The van der Waals surface area contributed by atoms with E-state index in [4.69, 9.17) is 15.2 Å². The van der Waals surface area contributed by atoms with Crippen LogP contribution in [0.15, 0.2) is 109 Å². The lowest BCUT2D eigenvalue weighted by atomic mass is 9.98. The summed E-state index contributed by atoms with van der Waals surface area (Å²) in [4.78, 5) is 42.3. The van der Waals surface area contributed by atoms with Crippen LogP contribution in [-0.4, -0.2) is 48.2 Å². The van der Waals surface area contributed by atoms with Gasteiger partial charge in [-0.1, -0.05) is 97.1 Å². The van der Waals surface area contributed by atoms with Gasteiger partial charge in [-0.25, -0.2) is 4.79 Å². The summed E-state index contributed by atoms with van der Waals surface area (Å²) in [6.07, 6.45) is 1.54. The fourth-order valence-electron chi connectivity index (χ4n) is 5.94. The van der Waals surface area contributed by atoms with E-state index in [0.717, 1.165) is 44.3 Å². The second-order valence-corrected chi connectivity index (χ2v) is 11.4. The van der Waals surface area contributed by atoms with Gasteiger partial charge in [0, 0.05) is 36.0 Å². The number of carbonyl (C=O) groups is 3. The van der Waals surface area contributed by atoms with Crippen molar-refractivity contribution in [1.82, 2.24) is 15.6 Å². The average Bonchev–Trinajstić information content (AvgIpc) is 3.65. The monoisotopic (exact) mass is 616 g/mol. The molecule has 9 nitrogen and oxygen atoms in total. The number of rotatable bonds is 12. The van der Waals surface area contributed by atoms with E-state index >= 15 is 0 Å². The van der Waals surface area contributed by atoms with Crippen molar-refractivity contribution in [2.45, 2.75) is 37.5 Å². The Morgan fingerprint density at radius 3 is 2.20 bits per heavy atom. The number of alkyl carbamates (subject to hydrolysis) is 1. The van der Waals surface area contributed by atoms with Gasteiger partial charge in [-0.2, -0.15) is 0 Å². The number of fused-ring (bicyclic) bond motifs is 4. The Bertz CT molecular complexity index is 1790. The Morgan fingerprint density at radius 2 is 1.46 bits per heavy atom. The number of benzene rings is 4. The Morgan fingerprint density at radius 1 is 0.804 bits per heavy atom. The van der Waals surface area contributed by atoms with E-state index in [-0.39, 0.29) is 38.5 Å². The maximum atomic E-state index is 13.4. The van der Waals surface area contributed by atoms with E-state index in [1.807, 2.05) is 85.1 Å². The first-order chi connectivity index (χ1) is 22.5. The second kappa shape index (κ2) is 14.1. The number of amides is 2. The predicted molar refractivity (Wildman–Crippen MR) is 176 cm³/mol. The molecule has 0 spiro atoms. The van der Waals surface area contributed by atoms with Crippen LogP contribution in [0.1, 0.15) is 34.6 Å². The maximum absolute atomic E-state index is 13.4. The van der Waals surface area contributed by atoms with Gasteiger partial charge in [0.2, 0.25) is 5.91 Å². The first kappa shape index (κ1) is 30.6. The number of H-pyrrole nitrogens is 1. The number of nitrogens with two attached hydrogens (primary N) is 1. The van der Waals surface area contributed by atoms with E-state index in [2.05, 4.69) is 39.9 Å². The molecule has 4 aromatic carbocycles. The number of hydrogen-bond acceptors (Lipinski definition) is 6. The van der Waals surface area contributed by atoms with Crippen LogP contribution in [0.3, 0.4) is 0 Å². The van der Waals surface area contributed by atoms with Gasteiger partial charge >= 0.3 is 12.1 Å². The van der Waals surface area contributed by atoms with Crippen molar-refractivity contribution in [3.05, 3.63) is 132 Å². The third-order valence-electron chi connectivity index (χ3n) is 8.33. The number of esters is 1. The third-order valence-corrected chi connectivity index (χ3v) is 8.33. The SMILES string of the molecule is N[C@H](CCNC(=O)[C@@H](Cc1c[nH]c2ccccc12)NC(=O)OCC1c2ccccc2-c2ccccc21)C(=O)OCc1ccccc1. The average molecular weight is 617 g/mol. The zero-order chi connectivity index (χ0) is 31.9. The van der Waals surface area contributed by atoms with Crippen molar-refractivity contribution in [2.24, 2.45) is 5.73 Å². The van der Waals surface area contributed by atoms with Crippen LogP contribution in [0, 0.1) is 0 Å². The van der Waals surface area contributed by atoms with Gasteiger partial charge in [0.15, 0.2) is 0 Å². The Labute approximate surface area is 267 Å². The largest absolute Gasteiger partial charge is 0.460 e. The molecule has 234 valence electrons. The molecule has 0 fully saturated rings. The fourth-order valence-corrected chi connectivity index (χ4v) is 5.94. The van der Waals surface area contributed by atoms with E-state index in [1.165, 1.54) is 0 Å². The lowest BCUT2D eigenvalue weighted by Gasteiger charge is -2.20. The molecule has 9 heteroatoms. The fraction of sp³-hybridized carbons (Fsp3) is 0.216. The van der Waals surface area contributed by atoms with Gasteiger partial charge in [0.05, 0.1) is 0 Å². The number of hydrogen-bond donors (Lipinski definition) is 4. The van der Waals surface area contributed by atoms with Gasteiger partial charge < -0.3 is 30.8 Å². The van der Waals surface area contributed by atoms with Crippen molar-refractivity contribution in [2.75, 3.05) is 13.2 Å². The van der Waals surface area contributed by atoms with Crippen molar-refractivity contribution in [3.63, 3.8) is 0 Å². The molecule has 0 radical (unpaired) electrons. The molecule has 1 aromatic heterocycles. The summed E-state index contributed by atoms with van der Waals surface area (Å²) in [6.45, 7) is 0.370. The Hall–Kier alpha value is -5.41. The van der Waals surface area contributed by atoms with E-state index in [0.29, 0.717) is 0 Å². The minimum Gasteiger partial charge on any atom is -0.460 e. The molecule has 0 bridgehead atoms. The molecule has 5 aromatic rings. The number of aromatic amines is 1. The second-order valence-electron chi connectivity index (χ2n) is 11.4. The summed E-state index contributed by atoms with van der Waals surface area (Å²) in [7, 11) is 0. The van der Waals surface area contributed by atoms with Crippen molar-refractivity contribution in [3.8, 4) is 11.1 Å². The molecule has 0 unspecified atom stereocenters. The molecule has 1 aliphatic rings. The maximum Gasteiger partial charge on any atom is 0.407 e. The molecule has 46 heavy (non-hydrogen) atoms. The molecule has 6 rings (SSSR count). The quantitative estimate of drug-likeness (QED) is 0.142. The van der Waals surface area contributed by atoms with Crippen LogP contribution in [-0.2, 0) is 32.1 Å². The molecule has 1 aliphatic carbocycles. The minimum absolute atomic E-state index is 0.109. The number of nitrogens with one attached hydrogen (secondary N) is 3. The molecular weight excluding hydrogens is 580 g/mol. The normalized spacial score (nSPS) is 13.3. The first-order valence-electron chi connectivity index (χ1n) is 15.4. The standard InChI is InChI=1S/C37H36N4O5/c38-32(36(43)45-22-24-10-2-1-3-11-24)18-19-39-35(42)34(20-25-21-40-33-17-9-8-12-26(25)33)41-37(44)46-23-31-29-15-6-4-13-27(29)28-14-5-7-16-30(28)31/h1-17,21,31-32,34,40H,18-20,22-23,38H2,(H,39,42)(H,41,44)/t32-,34-/m1/s1. The third kappa shape index (κ3) is 6.95. The van der Waals surface area contributed by atoms with Crippen LogP contribution in [0.25, 0.3) is 22.0 Å². The zero-order valence-corrected chi connectivity index (χ0v) is 25.3. The highest BCUT2D eigenvalue weighted by molar-refractivity contribution is 5.88.